The predicted octanol–water partition coefficient (Wildman–Crippen LogP) is 9.38. The molecule has 0 aliphatic rings. The molecule has 3 aromatic heterocycles. The molecule has 0 fully saturated rings. The zero-order valence-corrected chi connectivity index (χ0v) is 31.8. The van der Waals surface area contributed by atoms with Crippen molar-refractivity contribution in [3.63, 3.8) is 0 Å². The molecule has 45 heavy (non-hydrogen) atoms. The summed E-state index contributed by atoms with van der Waals surface area (Å²) in [6.07, 6.45) is 8.84. The first-order valence-corrected chi connectivity index (χ1v) is 17.1. The van der Waals surface area contributed by atoms with Gasteiger partial charge in [0, 0.05) is 34.2 Å². The molecule has 7 heteroatoms. The maximum absolute atomic E-state index is 5.33. The van der Waals surface area contributed by atoms with Crippen LogP contribution in [0.15, 0.2) is 43.5 Å². The van der Waals surface area contributed by atoms with E-state index in [0.29, 0.717) is 35.5 Å². The summed E-state index contributed by atoms with van der Waals surface area (Å²) in [5.41, 5.74) is 7.29. The van der Waals surface area contributed by atoms with Gasteiger partial charge in [0.2, 0.25) is 6.29 Å². The number of hydrogen-bond donors (Lipinski definition) is 0. The van der Waals surface area contributed by atoms with E-state index < -0.39 is 0 Å². The van der Waals surface area contributed by atoms with Gasteiger partial charge in [0.15, 0.2) is 0 Å². The van der Waals surface area contributed by atoms with Crippen molar-refractivity contribution in [2.45, 2.75) is 128 Å². The molecule has 0 aliphatic carbocycles. The van der Waals surface area contributed by atoms with Crippen LogP contribution in [0.4, 0.5) is 0 Å². The Morgan fingerprint density at radius 1 is 0.467 bits per heavy atom. The van der Waals surface area contributed by atoms with Gasteiger partial charge in [-0.25, -0.2) is 14.0 Å². The molecule has 1 radical (unpaired) electrons. The van der Waals surface area contributed by atoms with E-state index in [2.05, 4.69) is 128 Å². The van der Waals surface area contributed by atoms with E-state index in [-0.39, 0.29) is 23.4 Å². The van der Waals surface area contributed by atoms with E-state index in [1.54, 1.807) is 12.2 Å². The van der Waals surface area contributed by atoms with Crippen LogP contribution in [-0.4, -0.2) is 29.3 Å². The molecule has 0 amide bonds. The molecule has 3 rings (SSSR count). The van der Waals surface area contributed by atoms with Crippen molar-refractivity contribution >= 4 is 0 Å². The molecule has 253 valence electrons. The van der Waals surface area contributed by atoms with Crippen LogP contribution in [0.1, 0.15) is 124 Å². The summed E-state index contributed by atoms with van der Waals surface area (Å²) in [4.78, 5) is 0. The van der Waals surface area contributed by atoms with Crippen molar-refractivity contribution in [3.8, 4) is 0 Å². The van der Waals surface area contributed by atoms with Crippen molar-refractivity contribution in [1.82, 2.24) is 29.3 Å². The first-order chi connectivity index (χ1) is 20.6. The minimum atomic E-state index is -0.265. The number of aromatic nitrogens is 6. The van der Waals surface area contributed by atoms with Gasteiger partial charge in [-0.1, -0.05) is 108 Å². The first kappa shape index (κ1) is 40.7. The Balaban J connectivity index is 0.00000191. The molecule has 0 N–H and O–H groups in total. The standard InChI is InChI=1S/C34H58N6.C4H6.Mn/c1-22(2)13-28-19-31(16-25(7)8)38(35-28)34(39-32(17-26(9)10)20-29(36-39)14-23(3)4)40-33(18-27(11)12)21-30(37-40)15-24(5)6;1-3-4-2;/h19-27,34H,13-18H2,1-12H3;3-4H,1-2H2;. The fourth-order valence-corrected chi connectivity index (χ4v) is 5.65. The Hall–Kier alpha value is -2.37. The molecule has 0 aromatic carbocycles. The van der Waals surface area contributed by atoms with Crippen molar-refractivity contribution in [2.24, 2.45) is 35.5 Å². The molecular formula is C38H64MnN6. The molecule has 6 nitrogen and oxygen atoms in total. The quantitative estimate of drug-likeness (QED) is 0.114. The summed E-state index contributed by atoms with van der Waals surface area (Å²) in [5, 5.41) is 16.0. The van der Waals surface area contributed by atoms with Crippen molar-refractivity contribution in [3.05, 3.63) is 77.7 Å². The third-order valence-corrected chi connectivity index (χ3v) is 7.12. The second kappa shape index (κ2) is 19.3. The molecule has 0 saturated heterocycles. The third kappa shape index (κ3) is 13.1. The van der Waals surface area contributed by atoms with E-state index in [9.17, 15) is 0 Å². The zero-order valence-electron chi connectivity index (χ0n) is 30.6. The van der Waals surface area contributed by atoms with Crippen molar-refractivity contribution in [1.29, 1.82) is 0 Å². The van der Waals surface area contributed by atoms with Gasteiger partial charge in [0.25, 0.3) is 0 Å². The molecule has 0 unspecified atom stereocenters. The van der Waals surface area contributed by atoms with Crippen LogP contribution in [-0.2, 0) is 55.6 Å². The van der Waals surface area contributed by atoms with Gasteiger partial charge >= 0.3 is 0 Å². The van der Waals surface area contributed by atoms with E-state index in [1.165, 1.54) is 17.1 Å². The van der Waals surface area contributed by atoms with Gasteiger partial charge in [0.1, 0.15) is 0 Å². The van der Waals surface area contributed by atoms with Gasteiger partial charge in [-0.2, -0.15) is 15.3 Å². The van der Waals surface area contributed by atoms with Gasteiger partial charge in [-0.05, 0) is 92.2 Å². The van der Waals surface area contributed by atoms with Crippen LogP contribution >= 0.6 is 0 Å². The molecule has 3 aromatic rings. The van der Waals surface area contributed by atoms with E-state index in [1.807, 2.05) is 0 Å². The zero-order chi connectivity index (χ0) is 33.1. The first-order valence-electron chi connectivity index (χ1n) is 17.1. The van der Waals surface area contributed by atoms with E-state index in [4.69, 9.17) is 15.3 Å². The summed E-state index contributed by atoms with van der Waals surface area (Å²) in [6, 6.07) is 7.02. The number of hydrogen-bond acceptors (Lipinski definition) is 3. The average molecular weight is 660 g/mol. The Morgan fingerprint density at radius 2 is 0.689 bits per heavy atom. The predicted molar refractivity (Wildman–Crippen MR) is 188 cm³/mol. The molecule has 0 atom stereocenters. The summed E-state index contributed by atoms with van der Waals surface area (Å²) >= 11 is 0. The average Bonchev–Trinajstić information content (AvgIpc) is 3.55. The van der Waals surface area contributed by atoms with Crippen LogP contribution in [0.25, 0.3) is 0 Å². The molecule has 0 spiro atoms. The molecule has 3 heterocycles. The summed E-state index contributed by atoms with van der Waals surface area (Å²) < 4.78 is 6.80. The fraction of sp³-hybridized carbons (Fsp3) is 0.658. The second-order valence-electron chi connectivity index (χ2n) is 15.1. The monoisotopic (exact) mass is 659 g/mol. The van der Waals surface area contributed by atoms with Crippen molar-refractivity contribution < 1.29 is 17.1 Å². The largest absolute Gasteiger partial charge is 0.238 e. The Bertz CT molecular complexity index is 1130. The Morgan fingerprint density at radius 3 is 0.867 bits per heavy atom. The van der Waals surface area contributed by atoms with Gasteiger partial charge in [-0.15, -0.1) is 0 Å². The van der Waals surface area contributed by atoms with Crippen LogP contribution < -0.4 is 0 Å². The minimum absolute atomic E-state index is 0. The molecular weight excluding hydrogens is 595 g/mol. The van der Waals surface area contributed by atoms with Gasteiger partial charge in [0.05, 0.1) is 17.1 Å². The maximum Gasteiger partial charge on any atom is 0.238 e. The molecule has 0 bridgehead atoms. The normalized spacial score (nSPS) is 11.7. The number of rotatable bonds is 16. The maximum atomic E-state index is 5.33. The summed E-state index contributed by atoms with van der Waals surface area (Å²) in [5.74, 6) is 3.22. The van der Waals surface area contributed by atoms with E-state index >= 15 is 0 Å². The minimum Gasteiger partial charge on any atom is -0.224 e. The Kier molecular flexibility index (Phi) is 17.5. The van der Waals surface area contributed by atoms with E-state index in [0.717, 1.165) is 55.6 Å². The van der Waals surface area contributed by atoms with Gasteiger partial charge in [-0.3, -0.25) is 0 Å². The fourth-order valence-electron chi connectivity index (χ4n) is 5.65. The summed E-state index contributed by atoms with van der Waals surface area (Å²) in [7, 11) is 0. The number of allylic oxidation sites excluding steroid dienone is 2. The SMILES string of the molecule is C=CC=C.CC(C)Cc1cc(CC(C)C)n(C(n2nc(CC(C)C)cc2CC(C)C)n2nc(CC(C)C)cc2CC(C)C)n1.[Mn]. The topological polar surface area (TPSA) is 53.5 Å². The Labute approximate surface area is 286 Å². The molecule has 0 aliphatic heterocycles. The second-order valence-corrected chi connectivity index (χ2v) is 15.1. The van der Waals surface area contributed by atoms with Crippen molar-refractivity contribution in [2.75, 3.05) is 0 Å². The van der Waals surface area contributed by atoms with Crippen LogP contribution in [0.2, 0.25) is 0 Å². The molecule has 0 saturated carbocycles. The third-order valence-electron chi connectivity index (χ3n) is 7.12. The van der Waals surface area contributed by atoms with Crippen LogP contribution in [0.5, 0.6) is 0 Å². The number of nitrogens with zero attached hydrogens (tertiary/aromatic N) is 6. The van der Waals surface area contributed by atoms with Crippen LogP contribution in [0.3, 0.4) is 0 Å². The summed E-state index contributed by atoms with van der Waals surface area (Å²) in [6.45, 7) is 34.2. The van der Waals surface area contributed by atoms with Crippen LogP contribution in [0, 0.1) is 35.5 Å². The van der Waals surface area contributed by atoms with Gasteiger partial charge < -0.3 is 0 Å². The smallest absolute Gasteiger partial charge is 0.224 e.